The van der Waals surface area contributed by atoms with Crippen LogP contribution in [0.1, 0.15) is 30.9 Å². The Morgan fingerprint density at radius 1 is 1.28 bits per heavy atom. The molecule has 0 spiro atoms. The Morgan fingerprint density at radius 2 is 2.08 bits per heavy atom. The predicted octanol–water partition coefficient (Wildman–Crippen LogP) is 0.371. The quantitative estimate of drug-likeness (QED) is 0.729. The van der Waals surface area contributed by atoms with Gasteiger partial charge >= 0.3 is 0 Å². The highest BCUT2D eigenvalue weighted by molar-refractivity contribution is 5.86. The van der Waals surface area contributed by atoms with E-state index in [1.807, 2.05) is 35.2 Å². The van der Waals surface area contributed by atoms with Gasteiger partial charge in [0.15, 0.2) is 6.10 Å². The first kappa shape index (κ1) is 17.4. The Balaban J connectivity index is 1.52. The van der Waals surface area contributed by atoms with Gasteiger partial charge in [-0.1, -0.05) is 30.3 Å². The molecule has 7 heteroatoms. The van der Waals surface area contributed by atoms with Crippen LogP contribution in [0.2, 0.25) is 0 Å². The third kappa shape index (κ3) is 4.36. The SMILES string of the molecule is O=C1CO[C@H](C(=O)NCCCN2CCCC2=O)[C@@H](c2ccccc2)N1. The van der Waals surface area contributed by atoms with Gasteiger partial charge in [0.05, 0.1) is 6.04 Å². The van der Waals surface area contributed by atoms with E-state index >= 15 is 0 Å². The molecule has 7 nitrogen and oxygen atoms in total. The number of morpholine rings is 1. The van der Waals surface area contributed by atoms with Gasteiger partial charge in [0.1, 0.15) is 6.61 Å². The molecule has 1 aromatic rings. The van der Waals surface area contributed by atoms with Crippen LogP contribution in [0, 0.1) is 0 Å². The molecule has 0 bridgehead atoms. The molecule has 0 aliphatic carbocycles. The molecular formula is C18H23N3O4. The summed E-state index contributed by atoms with van der Waals surface area (Å²) >= 11 is 0. The van der Waals surface area contributed by atoms with Gasteiger partial charge in [0, 0.05) is 26.1 Å². The van der Waals surface area contributed by atoms with E-state index in [2.05, 4.69) is 10.6 Å². The highest BCUT2D eigenvalue weighted by Gasteiger charge is 2.35. The molecule has 2 aliphatic rings. The summed E-state index contributed by atoms with van der Waals surface area (Å²) in [5.74, 6) is -0.291. The zero-order valence-corrected chi connectivity index (χ0v) is 14.1. The van der Waals surface area contributed by atoms with Crippen molar-refractivity contribution in [3.63, 3.8) is 0 Å². The average Bonchev–Trinajstić information content (AvgIpc) is 3.04. The second kappa shape index (κ2) is 8.11. The Kier molecular flexibility index (Phi) is 5.65. The summed E-state index contributed by atoms with van der Waals surface area (Å²) in [6.07, 6.45) is 1.49. The lowest BCUT2D eigenvalue weighted by Crippen LogP contribution is -2.52. The summed E-state index contributed by atoms with van der Waals surface area (Å²) in [6, 6.07) is 8.82. The summed E-state index contributed by atoms with van der Waals surface area (Å²) in [4.78, 5) is 37.5. The molecule has 0 aromatic heterocycles. The van der Waals surface area contributed by atoms with Crippen LogP contribution in [0.25, 0.3) is 0 Å². The van der Waals surface area contributed by atoms with E-state index in [0.29, 0.717) is 25.9 Å². The van der Waals surface area contributed by atoms with E-state index in [0.717, 1.165) is 18.5 Å². The smallest absolute Gasteiger partial charge is 0.251 e. The molecule has 25 heavy (non-hydrogen) atoms. The van der Waals surface area contributed by atoms with E-state index in [4.69, 9.17) is 4.74 Å². The van der Waals surface area contributed by atoms with Crippen molar-refractivity contribution in [3.05, 3.63) is 35.9 Å². The molecule has 3 rings (SSSR count). The van der Waals surface area contributed by atoms with E-state index in [9.17, 15) is 14.4 Å². The Labute approximate surface area is 146 Å². The van der Waals surface area contributed by atoms with Crippen LogP contribution in [0.3, 0.4) is 0 Å². The zero-order valence-electron chi connectivity index (χ0n) is 14.1. The van der Waals surface area contributed by atoms with Gasteiger partial charge in [0.2, 0.25) is 11.8 Å². The number of benzene rings is 1. The summed E-state index contributed by atoms with van der Waals surface area (Å²) in [5, 5.41) is 5.68. The van der Waals surface area contributed by atoms with Gasteiger partial charge in [-0.15, -0.1) is 0 Å². The topological polar surface area (TPSA) is 87.7 Å². The molecule has 0 radical (unpaired) electrons. The highest BCUT2D eigenvalue weighted by Crippen LogP contribution is 2.22. The van der Waals surface area contributed by atoms with Crippen molar-refractivity contribution in [2.24, 2.45) is 0 Å². The van der Waals surface area contributed by atoms with Crippen LogP contribution in [0.15, 0.2) is 30.3 Å². The molecule has 2 atom stereocenters. The fourth-order valence-electron chi connectivity index (χ4n) is 3.22. The molecular weight excluding hydrogens is 322 g/mol. The van der Waals surface area contributed by atoms with Crippen molar-refractivity contribution >= 4 is 17.7 Å². The standard InChI is InChI=1S/C18H23N3O4/c22-14-12-25-17(16(20-14)13-6-2-1-3-7-13)18(24)19-9-5-11-21-10-4-8-15(21)23/h1-3,6-7,16-17H,4-5,8-12H2,(H,19,24)(H,20,22)/t16-,17+/m1/s1. The molecule has 0 saturated carbocycles. The van der Waals surface area contributed by atoms with Crippen molar-refractivity contribution in [2.75, 3.05) is 26.2 Å². The van der Waals surface area contributed by atoms with E-state index in [1.165, 1.54) is 0 Å². The van der Waals surface area contributed by atoms with Gasteiger partial charge < -0.3 is 20.3 Å². The Bertz CT molecular complexity index is 634. The van der Waals surface area contributed by atoms with Crippen molar-refractivity contribution in [1.29, 1.82) is 0 Å². The van der Waals surface area contributed by atoms with E-state index in [-0.39, 0.29) is 24.3 Å². The molecule has 2 heterocycles. The molecule has 2 aliphatic heterocycles. The number of nitrogens with one attached hydrogen (secondary N) is 2. The highest BCUT2D eigenvalue weighted by atomic mass is 16.5. The second-order valence-electron chi connectivity index (χ2n) is 6.32. The zero-order chi connectivity index (χ0) is 17.6. The predicted molar refractivity (Wildman–Crippen MR) is 90.5 cm³/mol. The maximum Gasteiger partial charge on any atom is 0.251 e. The third-order valence-corrected chi connectivity index (χ3v) is 4.51. The lowest BCUT2D eigenvalue weighted by Gasteiger charge is -2.31. The average molecular weight is 345 g/mol. The van der Waals surface area contributed by atoms with Crippen LogP contribution < -0.4 is 10.6 Å². The summed E-state index contributed by atoms with van der Waals surface area (Å²) in [6.45, 7) is 1.81. The van der Waals surface area contributed by atoms with E-state index in [1.54, 1.807) is 0 Å². The number of amides is 3. The van der Waals surface area contributed by atoms with Crippen molar-refractivity contribution in [1.82, 2.24) is 15.5 Å². The number of ether oxygens (including phenoxy) is 1. The number of carbonyl (C=O) groups excluding carboxylic acids is 3. The largest absolute Gasteiger partial charge is 0.356 e. The molecule has 2 N–H and O–H groups in total. The fraction of sp³-hybridized carbons (Fsp3) is 0.500. The lowest BCUT2D eigenvalue weighted by molar-refractivity contribution is -0.148. The molecule has 2 fully saturated rings. The first-order valence-electron chi connectivity index (χ1n) is 8.66. The summed E-state index contributed by atoms with van der Waals surface area (Å²) in [5.41, 5.74) is 0.832. The van der Waals surface area contributed by atoms with Crippen LogP contribution in [0.5, 0.6) is 0 Å². The minimum Gasteiger partial charge on any atom is -0.356 e. The maximum atomic E-state index is 12.5. The molecule has 0 unspecified atom stereocenters. The maximum absolute atomic E-state index is 12.5. The minimum atomic E-state index is -0.756. The van der Waals surface area contributed by atoms with Crippen molar-refractivity contribution in [3.8, 4) is 0 Å². The van der Waals surface area contributed by atoms with Crippen LogP contribution in [0.4, 0.5) is 0 Å². The van der Waals surface area contributed by atoms with Crippen molar-refractivity contribution in [2.45, 2.75) is 31.4 Å². The number of carbonyl (C=O) groups is 3. The Morgan fingerprint density at radius 3 is 2.80 bits per heavy atom. The van der Waals surface area contributed by atoms with Gasteiger partial charge in [-0.25, -0.2) is 0 Å². The number of rotatable bonds is 6. The van der Waals surface area contributed by atoms with Crippen LogP contribution in [-0.2, 0) is 19.1 Å². The Hall–Kier alpha value is -2.41. The minimum absolute atomic E-state index is 0.121. The second-order valence-corrected chi connectivity index (χ2v) is 6.32. The van der Waals surface area contributed by atoms with Crippen LogP contribution in [-0.4, -0.2) is 55.0 Å². The molecule has 1 aromatic carbocycles. The normalized spacial score (nSPS) is 23.4. The number of nitrogens with zero attached hydrogens (tertiary/aromatic N) is 1. The van der Waals surface area contributed by atoms with Gasteiger partial charge in [-0.05, 0) is 18.4 Å². The molecule has 134 valence electrons. The number of hydrogen-bond acceptors (Lipinski definition) is 4. The monoisotopic (exact) mass is 345 g/mol. The number of likely N-dealkylation sites (tertiary alicyclic amines) is 1. The van der Waals surface area contributed by atoms with Gasteiger partial charge in [0.25, 0.3) is 5.91 Å². The lowest BCUT2D eigenvalue weighted by atomic mass is 9.99. The summed E-state index contributed by atoms with van der Waals surface area (Å²) < 4.78 is 5.48. The van der Waals surface area contributed by atoms with Crippen molar-refractivity contribution < 1.29 is 19.1 Å². The molecule has 3 amide bonds. The third-order valence-electron chi connectivity index (χ3n) is 4.51. The number of hydrogen-bond donors (Lipinski definition) is 2. The van der Waals surface area contributed by atoms with E-state index < -0.39 is 12.1 Å². The van der Waals surface area contributed by atoms with Gasteiger partial charge in [-0.3, -0.25) is 14.4 Å². The first-order valence-corrected chi connectivity index (χ1v) is 8.66. The van der Waals surface area contributed by atoms with Crippen LogP contribution >= 0.6 is 0 Å². The molecule has 2 saturated heterocycles. The fourth-order valence-corrected chi connectivity index (χ4v) is 3.22. The van der Waals surface area contributed by atoms with Gasteiger partial charge in [-0.2, -0.15) is 0 Å². The first-order chi connectivity index (χ1) is 12.1. The summed E-state index contributed by atoms with van der Waals surface area (Å²) in [7, 11) is 0.